The van der Waals surface area contributed by atoms with E-state index in [0.29, 0.717) is 11.3 Å². The van der Waals surface area contributed by atoms with E-state index in [1.807, 2.05) is 19.9 Å². The molecular weight excluding hydrogens is 290 g/mol. The van der Waals surface area contributed by atoms with Gasteiger partial charge in [0.2, 0.25) is 0 Å². The van der Waals surface area contributed by atoms with E-state index in [-0.39, 0.29) is 16.5 Å². The summed E-state index contributed by atoms with van der Waals surface area (Å²) in [5, 5.41) is 11.8. The zero-order chi connectivity index (χ0) is 15.6. The molecule has 0 saturated carbocycles. The number of carboxylic acids is 1. The van der Waals surface area contributed by atoms with Crippen molar-refractivity contribution in [1.82, 2.24) is 0 Å². The fourth-order valence-corrected chi connectivity index (χ4v) is 2.05. The Balaban J connectivity index is 2.25. The van der Waals surface area contributed by atoms with Gasteiger partial charge in [-0.05, 0) is 55.3 Å². The number of aryl methyl sites for hydroxylation is 2. The molecule has 2 aromatic rings. The van der Waals surface area contributed by atoms with Crippen molar-refractivity contribution in [2.75, 3.05) is 5.32 Å². The second-order valence-electron chi connectivity index (χ2n) is 4.75. The number of halogens is 1. The van der Waals surface area contributed by atoms with Crippen molar-refractivity contribution < 1.29 is 14.7 Å². The first-order valence-corrected chi connectivity index (χ1v) is 6.67. The van der Waals surface area contributed by atoms with Crippen molar-refractivity contribution in [2.45, 2.75) is 13.8 Å². The van der Waals surface area contributed by atoms with Crippen LogP contribution in [0.5, 0.6) is 0 Å². The highest BCUT2D eigenvalue weighted by molar-refractivity contribution is 6.33. The van der Waals surface area contributed by atoms with Crippen LogP contribution >= 0.6 is 11.6 Å². The minimum Gasteiger partial charge on any atom is -0.478 e. The van der Waals surface area contributed by atoms with E-state index in [0.717, 1.165) is 11.1 Å². The highest BCUT2D eigenvalue weighted by atomic mass is 35.5. The zero-order valence-corrected chi connectivity index (χ0v) is 12.4. The summed E-state index contributed by atoms with van der Waals surface area (Å²) in [6.45, 7) is 3.90. The molecule has 21 heavy (non-hydrogen) atoms. The number of benzene rings is 2. The molecule has 2 aromatic carbocycles. The Labute approximate surface area is 127 Å². The van der Waals surface area contributed by atoms with Gasteiger partial charge in [0.25, 0.3) is 5.91 Å². The average Bonchev–Trinajstić information content (AvgIpc) is 2.43. The van der Waals surface area contributed by atoms with Gasteiger partial charge in [-0.3, -0.25) is 4.79 Å². The van der Waals surface area contributed by atoms with Gasteiger partial charge in [-0.25, -0.2) is 4.79 Å². The maximum atomic E-state index is 12.2. The molecule has 0 aliphatic carbocycles. The topological polar surface area (TPSA) is 66.4 Å². The summed E-state index contributed by atoms with van der Waals surface area (Å²) >= 11 is 5.79. The summed E-state index contributed by atoms with van der Waals surface area (Å²) in [5.74, 6) is -1.43. The number of amides is 1. The molecule has 5 heteroatoms. The molecule has 0 heterocycles. The Kier molecular flexibility index (Phi) is 4.29. The minimum atomic E-state index is -1.14. The summed E-state index contributed by atoms with van der Waals surface area (Å²) in [6.07, 6.45) is 0. The summed E-state index contributed by atoms with van der Waals surface area (Å²) in [7, 11) is 0. The number of carboxylic acid groups (broad SMARTS) is 1. The standard InChI is InChI=1S/C16H14ClNO3/c1-9-3-4-11(7-10(9)2)15(19)18-12-5-6-14(17)13(8-12)16(20)21/h3-8H,1-2H3,(H,18,19)(H,20,21). The van der Waals surface area contributed by atoms with Crippen molar-refractivity contribution in [2.24, 2.45) is 0 Å². The largest absolute Gasteiger partial charge is 0.478 e. The molecule has 0 aliphatic heterocycles. The molecule has 0 unspecified atom stereocenters. The first-order valence-electron chi connectivity index (χ1n) is 6.30. The average molecular weight is 304 g/mol. The lowest BCUT2D eigenvalue weighted by atomic mass is 10.1. The number of rotatable bonds is 3. The normalized spacial score (nSPS) is 10.2. The maximum Gasteiger partial charge on any atom is 0.337 e. The van der Waals surface area contributed by atoms with E-state index >= 15 is 0 Å². The third kappa shape index (κ3) is 3.41. The van der Waals surface area contributed by atoms with Crippen LogP contribution in [0.15, 0.2) is 36.4 Å². The van der Waals surface area contributed by atoms with Crippen LogP contribution in [0.2, 0.25) is 5.02 Å². The molecule has 0 aliphatic rings. The molecule has 0 spiro atoms. The molecule has 108 valence electrons. The van der Waals surface area contributed by atoms with Crippen molar-refractivity contribution in [3.05, 3.63) is 63.7 Å². The summed E-state index contributed by atoms with van der Waals surface area (Å²) in [6, 6.07) is 9.73. The zero-order valence-electron chi connectivity index (χ0n) is 11.6. The fraction of sp³-hybridized carbons (Fsp3) is 0.125. The molecule has 1 amide bonds. The number of aromatic carboxylic acids is 1. The first-order chi connectivity index (χ1) is 9.88. The second kappa shape index (κ2) is 5.97. The van der Waals surface area contributed by atoms with Crippen LogP contribution in [-0.4, -0.2) is 17.0 Å². The van der Waals surface area contributed by atoms with E-state index < -0.39 is 5.97 Å². The molecular formula is C16H14ClNO3. The van der Waals surface area contributed by atoms with Gasteiger partial charge >= 0.3 is 5.97 Å². The molecule has 0 atom stereocenters. The van der Waals surface area contributed by atoms with Crippen LogP contribution in [-0.2, 0) is 0 Å². The van der Waals surface area contributed by atoms with E-state index in [1.54, 1.807) is 18.2 Å². The number of nitrogens with one attached hydrogen (secondary N) is 1. The van der Waals surface area contributed by atoms with Crippen LogP contribution in [0.4, 0.5) is 5.69 Å². The monoisotopic (exact) mass is 303 g/mol. The van der Waals surface area contributed by atoms with E-state index in [2.05, 4.69) is 5.32 Å². The van der Waals surface area contributed by atoms with Gasteiger partial charge in [0.1, 0.15) is 0 Å². The molecule has 0 radical (unpaired) electrons. The van der Waals surface area contributed by atoms with E-state index in [9.17, 15) is 9.59 Å². The van der Waals surface area contributed by atoms with Crippen molar-refractivity contribution in [3.63, 3.8) is 0 Å². The Hall–Kier alpha value is -2.33. The minimum absolute atomic E-state index is 0.0467. The molecule has 0 bridgehead atoms. The highest BCUT2D eigenvalue weighted by Gasteiger charge is 2.12. The van der Waals surface area contributed by atoms with Gasteiger partial charge in [-0.1, -0.05) is 17.7 Å². The van der Waals surface area contributed by atoms with Gasteiger partial charge in [-0.15, -0.1) is 0 Å². The Morgan fingerprint density at radius 2 is 1.76 bits per heavy atom. The predicted molar refractivity (Wildman–Crippen MR) is 82.3 cm³/mol. The smallest absolute Gasteiger partial charge is 0.337 e. The van der Waals surface area contributed by atoms with Gasteiger partial charge in [0, 0.05) is 11.3 Å². The highest BCUT2D eigenvalue weighted by Crippen LogP contribution is 2.21. The third-order valence-electron chi connectivity index (χ3n) is 3.22. The molecule has 0 saturated heterocycles. The van der Waals surface area contributed by atoms with Gasteiger partial charge in [-0.2, -0.15) is 0 Å². The van der Waals surface area contributed by atoms with Gasteiger partial charge < -0.3 is 10.4 Å². The third-order valence-corrected chi connectivity index (χ3v) is 3.55. The molecule has 0 aromatic heterocycles. The molecule has 4 nitrogen and oxygen atoms in total. The number of carbonyl (C=O) groups excluding carboxylic acids is 1. The number of hydrogen-bond donors (Lipinski definition) is 2. The number of anilines is 1. The Bertz CT molecular complexity index is 725. The Morgan fingerprint density at radius 1 is 1.05 bits per heavy atom. The van der Waals surface area contributed by atoms with Crippen molar-refractivity contribution >= 4 is 29.2 Å². The van der Waals surface area contributed by atoms with Gasteiger partial charge in [0.15, 0.2) is 0 Å². The summed E-state index contributed by atoms with van der Waals surface area (Å²) < 4.78 is 0. The van der Waals surface area contributed by atoms with Crippen LogP contribution in [0.25, 0.3) is 0 Å². The lowest BCUT2D eigenvalue weighted by molar-refractivity contribution is 0.0696. The van der Waals surface area contributed by atoms with Gasteiger partial charge in [0.05, 0.1) is 10.6 Å². The van der Waals surface area contributed by atoms with Crippen LogP contribution in [0.1, 0.15) is 31.8 Å². The molecule has 0 fully saturated rings. The number of carbonyl (C=O) groups is 2. The van der Waals surface area contributed by atoms with Crippen molar-refractivity contribution in [3.8, 4) is 0 Å². The predicted octanol–water partition coefficient (Wildman–Crippen LogP) is 3.91. The van der Waals surface area contributed by atoms with Crippen LogP contribution in [0, 0.1) is 13.8 Å². The lowest BCUT2D eigenvalue weighted by Gasteiger charge is -2.08. The summed E-state index contributed by atoms with van der Waals surface area (Å²) in [4.78, 5) is 23.2. The molecule has 2 rings (SSSR count). The molecule has 2 N–H and O–H groups in total. The maximum absolute atomic E-state index is 12.2. The van der Waals surface area contributed by atoms with Crippen molar-refractivity contribution in [1.29, 1.82) is 0 Å². The summed E-state index contributed by atoms with van der Waals surface area (Å²) in [5.41, 5.74) is 2.98. The second-order valence-corrected chi connectivity index (χ2v) is 5.16. The Morgan fingerprint density at radius 3 is 2.38 bits per heavy atom. The van der Waals surface area contributed by atoms with E-state index in [1.165, 1.54) is 12.1 Å². The quantitative estimate of drug-likeness (QED) is 0.903. The number of hydrogen-bond acceptors (Lipinski definition) is 2. The SMILES string of the molecule is Cc1ccc(C(=O)Nc2ccc(Cl)c(C(=O)O)c2)cc1C. The van der Waals surface area contributed by atoms with Crippen LogP contribution < -0.4 is 5.32 Å². The lowest BCUT2D eigenvalue weighted by Crippen LogP contribution is -2.13. The first kappa shape index (κ1) is 15.1. The van der Waals surface area contributed by atoms with Crippen LogP contribution in [0.3, 0.4) is 0 Å². The van der Waals surface area contributed by atoms with E-state index in [4.69, 9.17) is 16.7 Å². The fourth-order valence-electron chi connectivity index (χ4n) is 1.85.